The summed E-state index contributed by atoms with van der Waals surface area (Å²) in [5.74, 6) is 2.68. The first kappa shape index (κ1) is 13.8. The molecule has 1 fully saturated rings. The molecule has 0 amide bonds. The van der Waals surface area contributed by atoms with Gasteiger partial charge in [-0.1, -0.05) is 0 Å². The van der Waals surface area contributed by atoms with Crippen LogP contribution in [0.15, 0.2) is 0 Å². The quantitative estimate of drug-likeness (QED) is 0.909. The van der Waals surface area contributed by atoms with Gasteiger partial charge >= 0.3 is 0 Å². The lowest BCUT2D eigenvalue weighted by atomic mass is 10.1. The molecule has 2 aromatic rings. The first-order chi connectivity index (χ1) is 9.65. The van der Waals surface area contributed by atoms with Crippen molar-refractivity contribution in [1.82, 2.24) is 15.3 Å². The zero-order valence-corrected chi connectivity index (χ0v) is 13.2. The van der Waals surface area contributed by atoms with Crippen molar-refractivity contribution in [3.63, 3.8) is 0 Å². The van der Waals surface area contributed by atoms with Crippen LogP contribution >= 0.6 is 11.3 Å². The van der Waals surface area contributed by atoms with Gasteiger partial charge in [-0.05, 0) is 58.2 Å². The maximum atomic E-state index is 4.61. The molecule has 5 heteroatoms. The van der Waals surface area contributed by atoms with Crippen LogP contribution in [0.3, 0.4) is 0 Å². The van der Waals surface area contributed by atoms with E-state index in [1.165, 1.54) is 35.2 Å². The third-order valence-electron chi connectivity index (χ3n) is 4.15. The number of hydrogen-bond donors (Lipinski definition) is 2. The molecule has 4 nitrogen and oxygen atoms in total. The average molecular weight is 290 g/mol. The molecule has 20 heavy (non-hydrogen) atoms. The Morgan fingerprint density at radius 1 is 1.30 bits per heavy atom. The summed E-state index contributed by atoms with van der Waals surface area (Å²) in [6, 6.07) is 0. The summed E-state index contributed by atoms with van der Waals surface area (Å²) in [7, 11) is 0. The van der Waals surface area contributed by atoms with Gasteiger partial charge in [-0.15, -0.1) is 11.3 Å². The number of aryl methyl sites for hydroxylation is 3. The largest absolute Gasteiger partial charge is 0.369 e. The van der Waals surface area contributed by atoms with Crippen molar-refractivity contribution in [2.45, 2.75) is 33.6 Å². The molecule has 1 aliphatic heterocycles. The molecule has 1 aliphatic rings. The van der Waals surface area contributed by atoms with E-state index in [1.54, 1.807) is 11.3 Å². The van der Waals surface area contributed by atoms with Crippen LogP contribution in [0.5, 0.6) is 0 Å². The zero-order valence-electron chi connectivity index (χ0n) is 12.4. The highest BCUT2D eigenvalue weighted by molar-refractivity contribution is 7.18. The van der Waals surface area contributed by atoms with Gasteiger partial charge in [0.15, 0.2) is 0 Å². The maximum absolute atomic E-state index is 4.61. The fourth-order valence-electron chi connectivity index (χ4n) is 2.84. The number of fused-ring (bicyclic) bond motifs is 1. The van der Waals surface area contributed by atoms with Crippen molar-refractivity contribution < 1.29 is 0 Å². The molecule has 3 rings (SSSR count). The van der Waals surface area contributed by atoms with E-state index in [4.69, 9.17) is 0 Å². The Morgan fingerprint density at radius 2 is 2.15 bits per heavy atom. The highest BCUT2D eigenvalue weighted by atomic mass is 32.1. The third-order valence-corrected chi connectivity index (χ3v) is 5.25. The van der Waals surface area contributed by atoms with E-state index in [0.717, 1.165) is 35.5 Å². The second-order valence-electron chi connectivity index (χ2n) is 5.66. The fraction of sp³-hybridized carbons (Fsp3) is 0.600. The summed E-state index contributed by atoms with van der Waals surface area (Å²) < 4.78 is 0. The molecule has 2 N–H and O–H groups in total. The van der Waals surface area contributed by atoms with E-state index in [1.807, 2.05) is 6.92 Å². The SMILES string of the molecule is Cc1nc(NCCC2CCNC2)c2c(C)c(C)sc2n1. The molecule has 0 saturated carbocycles. The van der Waals surface area contributed by atoms with Gasteiger partial charge in [0.05, 0.1) is 5.39 Å². The van der Waals surface area contributed by atoms with E-state index >= 15 is 0 Å². The summed E-state index contributed by atoms with van der Waals surface area (Å²) >= 11 is 1.76. The fourth-order valence-corrected chi connectivity index (χ4v) is 3.91. The van der Waals surface area contributed by atoms with Gasteiger partial charge in [0.25, 0.3) is 0 Å². The van der Waals surface area contributed by atoms with E-state index in [0.29, 0.717) is 0 Å². The Labute approximate surface area is 124 Å². The van der Waals surface area contributed by atoms with E-state index < -0.39 is 0 Å². The molecule has 1 atom stereocenters. The molecule has 1 saturated heterocycles. The van der Waals surface area contributed by atoms with Crippen LogP contribution in [0.25, 0.3) is 10.2 Å². The Morgan fingerprint density at radius 3 is 2.90 bits per heavy atom. The minimum absolute atomic E-state index is 0.811. The van der Waals surface area contributed by atoms with Crippen LogP contribution < -0.4 is 10.6 Å². The van der Waals surface area contributed by atoms with Crippen molar-refractivity contribution in [2.24, 2.45) is 5.92 Å². The second-order valence-corrected chi connectivity index (χ2v) is 6.86. The first-order valence-electron chi connectivity index (χ1n) is 7.34. The zero-order chi connectivity index (χ0) is 14.1. The predicted molar refractivity (Wildman–Crippen MR) is 85.7 cm³/mol. The molecular weight excluding hydrogens is 268 g/mol. The smallest absolute Gasteiger partial charge is 0.138 e. The molecule has 2 aromatic heterocycles. The van der Waals surface area contributed by atoms with Crippen LogP contribution in [0.2, 0.25) is 0 Å². The van der Waals surface area contributed by atoms with Gasteiger partial charge in [-0.2, -0.15) is 0 Å². The standard InChI is InChI=1S/C15H22N4S/c1-9-10(2)20-15-13(9)14(18-11(3)19-15)17-7-5-12-4-6-16-8-12/h12,16H,4-8H2,1-3H3,(H,17,18,19). The monoisotopic (exact) mass is 290 g/mol. The average Bonchev–Trinajstić information content (AvgIpc) is 2.99. The summed E-state index contributed by atoms with van der Waals surface area (Å²) in [6.45, 7) is 9.62. The highest BCUT2D eigenvalue weighted by Crippen LogP contribution is 2.33. The molecule has 0 bridgehead atoms. The van der Waals surface area contributed by atoms with Gasteiger partial charge in [0, 0.05) is 11.4 Å². The Hall–Kier alpha value is -1.20. The topological polar surface area (TPSA) is 49.8 Å². The Bertz CT molecular complexity index is 614. The van der Waals surface area contributed by atoms with Crippen molar-refractivity contribution in [3.05, 3.63) is 16.3 Å². The van der Waals surface area contributed by atoms with Gasteiger partial charge in [0.2, 0.25) is 0 Å². The van der Waals surface area contributed by atoms with E-state index in [9.17, 15) is 0 Å². The molecule has 3 heterocycles. The van der Waals surface area contributed by atoms with Crippen LogP contribution in [0.4, 0.5) is 5.82 Å². The van der Waals surface area contributed by atoms with Gasteiger partial charge in [-0.3, -0.25) is 0 Å². The maximum Gasteiger partial charge on any atom is 0.138 e. The van der Waals surface area contributed by atoms with Crippen molar-refractivity contribution in [2.75, 3.05) is 25.0 Å². The van der Waals surface area contributed by atoms with Gasteiger partial charge in [-0.25, -0.2) is 9.97 Å². The lowest BCUT2D eigenvalue weighted by molar-refractivity contribution is 0.549. The van der Waals surface area contributed by atoms with Crippen molar-refractivity contribution >= 4 is 27.4 Å². The predicted octanol–water partition coefficient (Wildman–Crippen LogP) is 3.03. The molecular formula is C15H22N4S. The molecule has 0 radical (unpaired) electrons. The molecule has 108 valence electrons. The second kappa shape index (κ2) is 5.66. The molecule has 0 aromatic carbocycles. The lowest BCUT2D eigenvalue weighted by Crippen LogP contribution is -2.13. The summed E-state index contributed by atoms with van der Waals surface area (Å²) in [6.07, 6.45) is 2.51. The van der Waals surface area contributed by atoms with Crippen molar-refractivity contribution in [3.8, 4) is 0 Å². The van der Waals surface area contributed by atoms with Crippen LogP contribution in [0.1, 0.15) is 29.1 Å². The number of anilines is 1. The Balaban J connectivity index is 1.79. The summed E-state index contributed by atoms with van der Waals surface area (Å²) in [5, 5.41) is 8.17. The number of nitrogens with zero attached hydrogens (tertiary/aromatic N) is 2. The van der Waals surface area contributed by atoms with Gasteiger partial charge < -0.3 is 10.6 Å². The molecule has 0 spiro atoms. The lowest BCUT2D eigenvalue weighted by Gasteiger charge is -2.11. The minimum Gasteiger partial charge on any atom is -0.369 e. The van der Waals surface area contributed by atoms with Crippen LogP contribution in [0, 0.1) is 26.7 Å². The highest BCUT2D eigenvalue weighted by Gasteiger charge is 2.16. The van der Waals surface area contributed by atoms with Crippen molar-refractivity contribution in [1.29, 1.82) is 0 Å². The Kier molecular flexibility index (Phi) is 3.89. The van der Waals surface area contributed by atoms with Gasteiger partial charge in [0.1, 0.15) is 16.5 Å². The third kappa shape index (κ3) is 2.65. The summed E-state index contributed by atoms with van der Waals surface area (Å²) in [4.78, 5) is 11.6. The number of rotatable bonds is 4. The number of nitrogens with one attached hydrogen (secondary N) is 2. The molecule has 1 unspecified atom stereocenters. The number of aromatic nitrogens is 2. The summed E-state index contributed by atoms with van der Waals surface area (Å²) in [5.41, 5.74) is 1.31. The van der Waals surface area contributed by atoms with Crippen LogP contribution in [-0.4, -0.2) is 29.6 Å². The normalized spacial score (nSPS) is 18.9. The first-order valence-corrected chi connectivity index (χ1v) is 8.15. The van der Waals surface area contributed by atoms with E-state index in [-0.39, 0.29) is 0 Å². The molecule has 0 aliphatic carbocycles. The number of hydrogen-bond acceptors (Lipinski definition) is 5. The number of thiophene rings is 1. The van der Waals surface area contributed by atoms with E-state index in [2.05, 4.69) is 34.4 Å². The van der Waals surface area contributed by atoms with Crippen LogP contribution in [-0.2, 0) is 0 Å². The minimum atomic E-state index is 0.811.